The van der Waals surface area contributed by atoms with Crippen LogP contribution >= 0.6 is 0 Å². The molecule has 2 atom stereocenters. The molecule has 21 heavy (non-hydrogen) atoms. The van der Waals surface area contributed by atoms with Gasteiger partial charge in [0.15, 0.2) is 0 Å². The number of rotatable bonds is 4. The molecule has 0 bridgehead atoms. The van der Waals surface area contributed by atoms with Crippen LogP contribution in [0.3, 0.4) is 0 Å². The maximum Gasteiger partial charge on any atom is 0.394 e. The number of carboxylic acids is 1. The van der Waals surface area contributed by atoms with E-state index in [1.54, 1.807) is 0 Å². The van der Waals surface area contributed by atoms with Crippen LogP contribution in [0.5, 0.6) is 0 Å². The van der Waals surface area contributed by atoms with Gasteiger partial charge in [0.25, 0.3) is 0 Å². The first-order valence-electron chi connectivity index (χ1n) is 7.01. The minimum Gasteiger partial charge on any atom is -0.481 e. The summed E-state index contributed by atoms with van der Waals surface area (Å²) in [6, 6.07) is -0.604. The predicted octanol–water partition coefficient (Wildman–Crippen LogP) is 2.08. The highest BCUT2D eigenvalue weighted by atomic mass is 19.4. The summed E-state index contributed by atoms with van der Waals surface area (Å²) < 4.78 is 38.5. The normalized spacial score (nSPS) is 27.5. The van der Waals surface area contributed by atoms with Gasteiger partial charge in [-0.2, -0.15) is 13.2 Å². The fraction of sp³-hybridized carbons (Fsp3) is 0.846. The standard InChI is InChI=1S/C13H19F3N2O3/c1-2-12(3-4-12)7-17-11(21)18-5-8(10(19)20)9(6-18)13(14,15)16/h8-9H,2-7H2,1H3,(H,17,21)(H,19,20)/t8-,9-/m1/s1. The van der Waals surface area contributed by atoms with E-state index in [2.05, 4.69) is 5.32 Å². The number of aliphatic carboxylic acids is 1. The number of amides is 2. The first kappa shape index (κ1) is 15.9. The molecule has 0 aromatic heterocycles. The highest BCUT2D eigenvalue weighted by molar-refractivity contribution is 5.77. The number of alkyl halides is 3. The van der Waals surface area contributed by atoms with Crippen LogP contribution in [0.25, 0.3) is 0 Å². The lowest BCUT2D eigenvalue weighted by atomic mass is 9.96. The van der Waals surface area contributed by atoms with Crippen LogP contribution < -0.4 is 5.32 Å². The topological polar surface area (TPSA) is 69.6 Å². The van der Waals surface area contributed by atoms with Crippen molar-refractivity contribution in [3.63, 3.8) is 0 Å². The average Bonchev–Trinajstić information content (AvgIpc) is 3.02. The zero-order chi connectivity index (χ0) is 15.8. The predicted molar refractivity (Wildman–Crippen MR) is 67.6 cm³/mol. The number of urea groups is 1. The van der Waals surface area contributed by atoms with E-state index in [0.717, 1.165) is 24.2 Å². The van der Waals surface area contributed by atoms with Crippen LogP contribution in [0.2, 0.25) is 0 Å². The van der Waals surface area contributed by atoms with Crippen molar-refractivity contribution in [2.24, 2.45) is 17.3 Å². The molecule has 1 saturated heterocycles. The van der Waals surface area contributed by atoms with Crippen molar-refractivity contribution in [1.82, 2.24) is 10.2 Å². The maximum atomic E-state index is 12.8. The second kappa shape index (κ2) is 5.38. The number of halogens is 3. The number of hydrogen-bond donors (Lipinski definition) is 2. The molecule has 1 saturated carbocycles. The summed E-state index contributed by atoms with van der Waals surface area (Å²) in [5.41, 5.74) is 0.0883. The lowest BCUT2D eigenvalue weighted by Gasteiger charge is -2.20. The highest BCUT2D eigenvalue weighted by Crippen LogP contribution is 2.48. The number of carbonyl (C=O) groups is 2. The summed E-state index contributed by atoms with van der Waals surface area (Å²) in [5, 5.41) is 11.5. The van der Waals surface area contributed by atoms with E-state index < -0.39 is 43.1 Å². The molecule has 2 aliphatic rings. The fourth-order valence-electron chi connectivity index (χ4n) is 2.76. The molecule has 2 fully saturated rings. The first-order chi connectivity index (χ1) is 9.68. The summed E-state index contributed by atoms with van der Waals surface area (Å²) in [5.74, 6) is -5.10. The molecule has 2 amide bonds. The molecule has 0 radical (unpaired) electrons. The molecule has 8 heteroatoms. The molecule has 1 aliphatic heterocycles. The van der Waals surface area contributed by atoms with Crippen LogP contribution in [0.1, 0.15) is 26.2 Å². The fourth-order valence-corrected chi connectivity index (χ4v) is 2.76. The van der Waals surface area contributed by atoms with Gasteiger partial charge in [-0.3, -0.25) is 4.79 Å². The molecule has 2 rings (SSSR count). The van der Waals surface area contributed by atoms with Crippen molar-refractivity contribution in [2.45, 2.75) is 32.4 Å². The van der Waals surface area contributed by atoms with Crippen molar-refractivity contribution in [2.75, 3.05) is 19.6 Å². The van der Waals surface area contributed by atoms with E-state index in [9.17, 15) is 22.8 Å². The Bertz CT molecular complexity index is 435. The monoisotopic (exact) mass is 308 g/mol. The van der Waals surface area contributed by atoms with Crippen molar-refractivity contribution in [1.29, 1.82) is 0 Å². The van der Waals surface area contributed by atoms with Crippen molar-refractivity contribution in [3.8, 4) is 0 Å². The van der Waals surface area contributed by atoms with Gasteiger partial charge in [-0.15, -0.1) is 0 Å². The molecule has 5 nitrogen and oxygen atoms in total. The molecule has 1 heterocycles. The molecular formula is C13H19F3N2O3. The molecule has 1 aliphatic carbocycles. The van der Waals surface area contributed by atoms with Crippen LogP contribution in [0.15, 0.2) is 0 Å². The minimum absolute atomic E-state index is 0.0883. The van der Waals surface area contributed by atoms with Crippen molar-refractivity contribution in [3.05, 3.63) is 0 Å². The van der Waals surface area contributed by atoms with E-state index in [4.69, 9.17) is 5.11 Å². The summed E-state index contributed by atoms with van der Waals surface area (Å²) >= 11 is 0. The lowest BCUT2D eigenvalue weighted by Crippen LogP contribution is -2.41. The van der Waals surface area contributed by atoms with Gasteiger partial charge in [0.2, 0.25) is 0 Å². The second-order valence-electron chi connectivity index (χ2n) is 6.01. The van der Waals surface area contributed by atoms with E-state index in [1.807, 2.05) is 6.92 Å². The molecule has 0 unspecified atom stereocenters. The Kier molecular flexibility index (Phi) is 4.08. The van der Waals surface area contributed by atoms with Crippen molar-refractivity contribution >= 4 is 12.0 Å². The molecule has 0 aromatic carbocycles. The van der Waals surface area contributed by atoms with Crippen LogP contribution in [-0.2, 0) is 4.79 Å². The van der Waals surface area contributed by atoms with Gasteiger partial charge in [0.1, 0.15) is 0 Å². The van der Waals surface area contributed by atoms with Gasteiger partial charge < -0.3 is 15.3 Å². The van der Waals surface area contributed by atoms with Gasteiger partial charge >= 0.3 is 18.2 Å². The van der Waals surface area contributed by atoms with Gasteiger partial charge in [0.05, 0.1) is 11.8 Å². The molecule has 0 spiro atoms. The Morgan fingerprint density at radius 1 is 1.33 bits per heavy atom. The smallest absolute Gasteiger partial charge is 0.394 e. The second-order valence-corrected chi connectivity index (χ2v) is 6.01. The summed E-state index contributed by atoms with van der Waals surface area (Å²) in [6.07, 6.45) is -1.69. The molecule has 120 valence electrons. The Balaban J connectivity index is 1.95. The third-order valence-electron chi connectivity index (χ3n) is 4.67. The average molecular weight is 308 g/mol. The molecule has 0 aromatic rings. The third-order valence-corrected chi connectivity index (χ3v) is 4.67. The van der Waals surface area contributed by atoms with Crippen LogP contribution in [0.4, 0.5) is 18.0 Å². The quantitative estimate of drug-likeness (QED) is 0.835. The van der Waals surface area contributed by atoms with Gasteiger partial charge in [0, 0.05) is 19.6 Å². The Hall–Kier alpha value is -1.47. The largest absolute Gasteiger partial charge is 0.481 e. The Morgan fingerprint density at radius 2 is 1.95 bits per heavy atom. The van der Waals surface area contributed by atoms with E-state index in [0.29, 0.717) is 6.54 Å². The van der Waals surface area contributed by atoms with Crippen LogP contribution in [0, 0.1) is 17.3 Å². The zero-order valence-electron chi connectivity index (χ0n) is 11.7. The first-order valence-corrected chi connectivity index (χ1v) is 7.01. The minimum atomic E-state index is -4.61. The third kappa shape index (κ3) is 3.41. The summed E-state index contributed by atoms with van der Waals surface area (Å²) in [7, 11) is 0. The van der Waals surface area contributed by atoms with E-state index in [-0.39, 0.29) is 5.41 Å². The summed E-state index contributed by atoms with van der Waals surface area (Å²) in [4.78, 5) is 23.8. The number of nitrogens with zero attached hydrogens (tertiary/aromatic N) is 1. The molecular weight excluding hydrogens is 289 g/mol. The lowest BCUT2D eigenvalue weighted by molar-refractivity contribution is -0.187. The van der Waals surface area contributed by atoms with Gasteiger partial charge in [-0.1, -0.05) is 6.92 Å². The number of nitrogens with one attached hydrogen (secondary N) is 1. The van der Waals surface area contributed by atoms with Crippen LogP contribution in [-0.4, -0.2) is 47.8 Å². The number of likely N-dealkylation sites (tertiary alicyclic amines) is 1. The SMILES string of the molecule is CCC1(CNC(=O)N2C[C@@H](C(F)(F)F)[C@H](C(=O)O)C2)CC1. The number of carboxylic acid groups (broad SMARTS) is 1. The number of carbonyl (C=O) groups excluding carboxylic acids is 1. The number of hydrogen-bond acceptors (Lipinski definition) is 2. The summed E-state index contributed by atoms with van der Waals surface area (Å²) in [6.45, 7) is 1.46. The maximum absolute atomic E-state index is 12.8. The Labute approximate surface area is 120 Å². The molecule has 2 N–H and O–H groups in total. The van der Waals surface area contributed by atoms with Gasteiger partial charge in [-0.25, -0.2) is 4.79 Å². The van der Waals surface area contributed by atoms with E-state index >= 15 is 0 Å². The Morgan fingerprint density at radius 3 is 2.33 bits per heavy atom. The van der Waals surface area contributed by atoms with Crippen molar-refractivity contribution < 1.29 is 27.9 Å². The van der Waals surface area contributed by atoms with E-state index in [1.165, 1.54) is 0 Å². The highest BCUT2D eigenvalue weighted by Gasteiger charge is 2.53. The zero-order valence-corrected chi connectivity index (χ0v) is 11.7. The van der Waals surface area contributed by atoms with Gasteiger partial charge in [-0.05, 0) is 24.7 Å².